The minimum absolute atomic E-state index is 0.711. The molecule has 0 aromatic heterocycles. The second-order valence-electron chi connectivity index (χ2n) is 5.49. The molecule has 19 heavy (non-hydrogen) atoms. The monoisotopic (exact) mass is 281 g/mol. The van der Waals surface area contributed by atoms with Gasteiger partial charge in [-0.2, -0.15) is 0 Å². The highest BCUT2D eigenvalue weighted by molar-refractivity contribution is 6.30. The summed E-state index contributed by atoms with van der Waals surface area (Å²) in [6.45, 7) is 3.11. The first kappa shape index (κ1) is 14.6. The largest absolute Gasteiger partial charge is 0.371 e. The van der Waals surface area contributed by atoms with Crippen molar-refractivity contribution in [1.29, 1.82) is 0 Å². The SMILES string of the molecule is CNCc1ccc(Cl)cc1N1CCC(N(C)C)CC1. The van der Waals surface area contributed by atoms with Gasteiger partial charge in [-0.3, -0.25) is 0 Å². The average Bonchev–Trinajstić information content (AvgIpc) is 2.41. The molecule has 0 aliphatic carbocycles. The normalized spacial score (nSPS) is 17.2. The molecule has 1 N–H and O–H groups in total. The highest BCUT2D eigenvalue weighted by atomic mass is 35.5. The molecule has 2 rings (SSSR count). The zero-order valence-electron chi connectivity index (χ0n) is 12.1. The van der Waals surface area contributed by atoms with E-state index >= 15 is 0 Å². The molecular weight excluding hydrogens is 258 g/mol. The molecule has 1 aliphatic heterocycles. The number of hydrogen-bond acceptors (Lipinski definition) is 3. The fourth-order valence-corrected chi connectivity index (χ4v) is 2.96. The number of anilines is 1. The maximum absolute atomic E-state index is 6.16. The van der Waals surface area contributed by atoms with Crippen LogP contribution in [0.5, 0.6) is 0 Å². The van der Waals surface area contributed by atoms with E-state index in [0.29, 0.717) is 6.04 Å². The number of halogens is 1. The van der Waals surface area contributed by atoms with E-state index in [1.165, 1.54) is 24.1 Å². The van der Waals surface area contributed by atoms with Crippen molar-refractivity contribution in [3.05, 3.63) is 28.8 Å². The summed E-state index contributed by atoms with van der Waals surface area (Å²) in [5.74, 6) is 0. The van der Waals surface area contributed by atoms with Gasteiger partial charge in [0.2, 0.25) is 0 Å². The van der Waals surface area contributed by atoms with E-state index in [9.17, 15) is 0 Å². The molecule has 1 heterocycles. The van der Waals surface area contributed by atoms with Crippen LogP contribution in [0.15, 0.2) is 18.2 Å². The lowest BCUT2D eigenvalue weighted by Gasteiger charge is -2.37. The highest BCUT2D eigenvalue weighted by Gasteiger charge is 2.22. The predicted molar refractivity (Wildman–Crippen MR) is 83.1 cm³/mol. The van der Waals surface area contributed by atoms with Crippen molar-refractivity contribution >= 4 is 17.3 Å². The Morgan fingerprint density at radius 3 is 2.58 bits per heavy atom. The number of hydrogen-bond donors (Lipinski definition) is 1. The van der Waals surface area contributed by atoms with Crippen molar-refractivity contribution < 1.29 is 0 Å². The van der Waals surface area contributed by atoms with Crippen molar-refractivity contribution in [3.8, 4) is 0 Å². The lowest BCUT2D eigenvalue weighted by atomic mass is 10.0. The molecule has 0 saturated carbocycles. The van der Waals surface area contributed by atoms with Crippen LogP contribution in [0.3, 0.4) is 0 Å². The van der Waals surface area contributed by atoms with Gasteiger partial charge in [-0.15, -0.1) is 0 Å². The van der Waals surface area contributed by atoms with Crippen LogP contribution >= 0.6 is 11.6 Å². The van der Waals surface area contributed by atoms with Gasteiger partial charge in [0, 0.05) is 36.4 Å². The molecule has 0 amide bonds. The summed E-state index contributed by atoms with van der Waals surface area (Å²) in [5.41, 5.74) is 2.62. The molecule has 0 unspecified atom stereocenters. The van der Waals surface area contributed by atoms with E-state index in [2.05, 4.69) is 41.3 Å². The lowest BCUT2D eigenvalue weighted by molar-refractivity contribution is 0.249. The fourth-order valence-electron chi connectivity index (χ4n) is 2.79. The lowest BCUT2D eigenvalue weighted by Crippen LogP contribution is -2.42. The highest BCUT2D eigenvalue weighted by Crippen LogP contribution is 2.28. The van der Waals surface area contributed by atoms with Crippen molar-refractivity contribution in [2.45, 2.75) is 25.4 Å². The maximum Gasteiger partial charge on any atom is 0.0426 e. The Balaban J connectivity index is 2.12. The van der Waals surface area contributed by atoms with Crippen LogP contribution in [-0.2, 0) is 6.54 Å². The number of piperidine rings is 1. The molecule has 106 valence electrons. The Labute approximate surface area is 121 Å². The first-order chi connectivity index (χ1) is 9.11. The standard InChI is InChI=1S/C15H24ClN3/c1-17-11-12-4-5-13(16)10-15(12)19-8-6-14(7-9-19)18(2)3/h4-5,10,14,17H,6-9,11H2,1-3H3. The van der Waals surface area contributed by atoms with Crippen LogP contribution in [0, 0.1) is 0 Å². The van der Waals surface area contributed by atoms with Gasteiger partial charge in [-0.25, -0.2) is 0 Å². The predicted octanol–water partition coefficient (Wildman–Crippen LogP) is 2.59. The summed E-state index contributed by atoms with van der Waals surface area (Å²) in [7, 11) is 6.33. The summed E-state index contributed by atoms with van der Waals surface area (Å²) >= 11 is 6.16. The number of benzene rings is 1. The van der Waals surface area contributed by atoms with E-state index in [4.69, 9.17) is 11.6 Å². The average molecular weight is 282 g/mol. The quantitative estimate of drug-likeness (QED) is 0.915. The molecule has 3 nitrogen and oxygen atoms in total. The van der Waals surface area contributed by atoms with Gasteiger partial charge in [-0.05, 0) is 51.7 Å². The van der Waals surface area contributed by atoms with Crippen LogP contribution in [-0.4, -0.2) is 45.2 Å². The summed E-state index contributed by atoms with van der Waals surface area (Å²) in [4.78, 5) is 4.81. The minimum Gasteiger partial charge on any atom is -0.371 e. The van der Waals surface area contributed by atoms with Crippen LogP contribution < -0.4 is 10.2 Å². The Bertz CT molecular complexity index is 412. The van der Waals surface area contributed by atoms with Crippen molar-refractivity contribution in [1.82, 2.24) is 10.2 Å². The molecule has 0 radical (unpaired) electrons. The third-order valence-corrected chi connectivity index (χ3v) is 4.19. The Kier molecular flexibility index (Phi) is 5.08. The van der Waals surface area contributed by atoms with Gasteiger partial charge in [0.25, 0.3) is 0 Å². The molecular formula is C15H24ClN3. The second kappa shape index (κ2) is 6.60. The van der Waals surface area contributed by atoms with Gasteiger partial charge < -0.3 is 15.1 Å². The van der Waals surface area contributed by atoms with Crippen LogP contribution in [0.1, 0.15) is 18.4 Å². The summed E-state index contributed by atoms with van der Waals surface area (Å²) in [6, 6.07) is 6.92. The topological polar surface area (TPSA) is 18.5 Å². The summed E-state index contributed by atoms with van der Waals surface area (Å²) < 4.78 is 0. The van der Waals surface area contributed by atoms with Crippen LogP contribution in [0.25, 0.3) is 0 Å². The van der Waals surface area contributed by atoms with Crippen LogP contribution in [0.4, 0.5) is 5.69 Å². The van der Waals surface area contributed by atoms with Crippen LogP contribution in [0.2, 0.25) is 5.02 Å². The molecule has 1 aromatic rings. The molecule has 0 atom stereocenters. The first-order valence-electron chi connectivity index (χ1n) is 6.96. The molecule has 4 heteroatoms. The first-order valence-corrected chi connectivity index (χ1v) is 7.34. The smallest absolute Gasteiger partial charge is 0.0426 e. The molecule has 1 aromatic carbocycles. The van der Waals surface area contributed by atoms with Gasteiger partial charge >= 0.3 is 0 Å². The van der Waals surface area contributed by atoms with E-state index in [0.717, 1.165) is 24.7 Å². The van der Waals surface area contributed by atoms with Crippen molar-refractivity contribution in [3.63, 3.8) is 0 Å². The second-order valence-corrected chi connectivity index (χ2v) is 5.92. The summed E-state index contributed by atoms with van der Waals surface area (Å²) in [5, 5.41) is 4.06. The fraction of sp³-hybridized carbons (Fsp3) is 0.600. The van der Waals surface area contributed by atoms with Gasteiger partial charge in [-0.1, -0.05) is 17.7 Å². The molecule has 1 saturated heterocycles. The number of rotatable bonds is 4. The molecule has 1 fully saturated rings. The number of nitrogens with zero attached hydrogens (tertiary/aromatic N) is 2. The Morgan fingerprint density at radius 1 is 1.32 bits per heavy atom. The molecule has 1 aliphatic rings. The third kappa shape index (κ3) is 3.62. The minimum atomic E-state index is 0.711. The van der Waals surface area contributed by atoms with Crippen molar-refractivity contribution in [2.75, 3.05) is 39.1 Å². The van der Waals surface area contributed by atoms with Gasteiger partial charge in [0.15, 0.2) is 0 Å². The maximum atomic E-state index is 6.16. The van der Waals surface area contributed by atoms with E-state index in [1.54, 1.807) is 0 Å². The molecule has 0 bridgehead atoms. The zero-order chi connectivity index (χ0) is 13.8. The van der Waals surface area contributed by atoms with Gasteiger partial charge in [0.1, 0.15) is 0 Å². The Hall–Kier alpha value is -0.770. The molecule has 0 spiro atoms. The van der Waals surface area contributed by atoms with E-state index in [-0.39, 0.29) is 0 Å². The van der Waals surface area contributed by atoms with E-state index in [1.807, 2.05) is 13.1 Å². The number of nitrogens with one attached hydrogen (secondary N) is 1. The van der Waals surface area contributed by atoms with Gasteiger partial charge in [0.05, 0.1) is 0 Å². The Morgan fingerprint density at radius 2 is 2.00 bits per heavy atom. The summed E-state index contributed by atoms with van der Waals surface area (Å²) in [6.07, 6.45) is 2.44. The zero-order valence-corrected chi connectivity index (χ0v) is 12.9. The van der Waals surface area contributed by atoms with Crippen molar-refractivity contribution in [2.24, 2.45) is 0 Å². The van der Waals surface area contributed by atoms with E-state index < -0.39 is 0 Å². The third-order valence-electron chi connectivity index (χ3n) is 3.95.